The van der Waals surface area contributed by atoms with E-state index in [1.54, 1.807) is 18.4 Å². The Balaban J connectivity index is 1.48. The fraction of sp³-hybridized carbons (Fsp3) is 0.281. The third kappa shape index (κ3) is 6.16. The number of hydrogen-bond acceptors (Lipinski definition) is 7. The van der Waals surface area contributed by atoms with Crippen LogP contribution in [0.25, 0.3) is 6.08 Å². The van der Waals surface area contributed by atoms with E-state index in [1.807, 2.05) is 85.7 Å². The molecule has 2 aromatic carbocycles. The molecule has 2 atom stereocenters. The molecule has 0 N–H and O–H groups in total. The van der Waals surface area contributed by atoms with Gasteiger partial charge in [-0.05, 0) is 49.6 Å². The van der Waals surface area contributed by atoms with Crippen molar-refractivity contribution in [3.63, 3.8) is 0 Å². The zero-order chi connectivity index (χ0) is 29.1. The van der Waals surface area contributed by atoms with Crippen LogP contribution in [-0.2, 0) is 20.9 Å². The molecular weight excluding hydrogens is 602 g/mol. The van der Waals surface area contributed by atoms with Gasteiger partial charge in [-0.1, -0.05) is 81.9 Å². The smallest absolute Gasteiger partial charge is 0.338 e. The van der Waals surface area contributed by atoms with Crippen molar-refractivity contribution in [1.82, 2.24) is 4.57 Å². The van der Waals surface area contributed by atoms with E-state index >= 15 is 0 Å². The molecule has 0 unspecified atom stereocenters. The zero-order valence-corrected chi connectivity index (χ0v) is 25.9. The van der Waals surface area contributed by atoms with Crippen LogP contribution in [0, 0.1) is 5.92 Å². The van der Waals surface area contributed by atoms with E-state index in [4.69, 9.17) is 9.47 Å². The molecular formula is C32H32BrN3O4S. The van der Waals surface area contributed by atoms with Gasteiger partial charge in [-0.25, -0.2) is 9.79 Å². The number of allylic oxidation sites excluding steroid dienone is 4. The van der Waals surface area contributed by atoms with Crippen molar-refractivity contribution in [2.45, 2.75) is 32.9 Å². The summed E-state index contributed by atoms with van der Waals surface area (Å²) in [4.78, 5) is 34.3. The molecule has 2 heterocycles. The van der Waals surface area contributed by atoms with Crippen molar-refractivity contribution in [3.8, 4) is 0 Å². The van der Waals surface area contributed by atoms with E-state index < -0.39 is 12.0 Å². The monoisotopic (exact) mass is 633 g/mol. The number of rotatable bonds is 8. The summed E-state index contributed by atoms with van der Waals surface area (Å²) in [7, 11) is 3.94. The van der Waals surface area contributed by atoms with Crippen molar-refractivity contribution in [1.29, 1.82) is 0 Å². The summed E-state index contributed by atoms with van der Waals surface area (Å²) in [6.07, 6.45) is 6.65. The number of esters is 1. The minimum absolute atomic E-state index is 0.00161. The van der Waals surface area contributed by atoms with E-state index in [0.29, 0.717) is 33.6 Å². The maximum atomic E-state index is 13.9. The van der Waals surface area contributed by atoms with E-state index in [-0.39, 0.29) is 18.1 Å². The van der Waals surface area contributed by atoms with Gasteiger partial charge in [0.05, 0.1) is 28.5 Å². The van der Waals surface area contributed by atoms with Crippen molar-refractivity contribution in [2.75, 3.05) is 25.6 Å². The number of thiazole rings is 1. The quantitative estimate of drug-likeness (QED) is 0.318. The van der Waals surface area contributed by atoms with Crippen LogP contribution in [-0.4, -0.2) is 31.2 Å². The number of ether oxygens (including phenoxy) is 2. The highest BCUT2D eigenvalue weighted by Gasteiger charge is 2.33. The van der Waals surface area contributed by atoms with Crippen molar-refractivity contribution in [3.05, 3.63) is 119 Å². The number of hydrogen-bond donors (Lipinski definition) is 0. The lowest BCUT2D eigenvalue weighted by Crippen LogP contribution is -2.40. The van der Waals surface area contributed by atoms with Gasteiger partial charge in [-0.15, -0.1) is 0 Å². The summed E-state index contributed by atoms with van der Waals surface area (Å²) < 4.78 is 14.6. The molecule has 3 aromatic rings. The maximum absolute atomic E-state index is 13.9. The Labute approximate surface area is 251 Å². The lowest BCUT2D eigenvalue weighted by molar-refractivity contribution is -0.139. The van der Waals surface area contributed by atoms with Gasteiger partial charge in [-0.3, -0.25) is 9.36 Å². The highest BCUT2D eigenvalue weighted by Crippen LogP contribution is 2.32. The van der Waals surface area contributed by atoms with Crippen LogP contribution in [0.1, 0.15) is 37.4 Å². The zero-order valence-electron chi connectivity index (χ0n) is 23.5. The molecule has 0 fully saturated rings. The Morgan fingerprint density at radius 1 is 1.17 bits per heavy atom. The van der Waals surface area contributed by atoms with Crippen LogP contribution < -0.4 is 19.8 Å². The van der Waals surface area contributed by atoms with Crippen LogP contribution in [0.4, 0.5) is 5.69 Å². The first kappa shape index (κ1) is 28.8. The van der Waals surface area contributed by atoms with Gasteiger partial charge in [0.25, 0.3) is 5.56 Å². The molecule has 1 aliphatic heterocycles. The van der Waals surface area contributed by atoms with Gasteiger partial charge in [-0.2, -0.15) is 0 Å². The molecule has 5 rings (SSSR count). The molecule has 0 bridgehead atoms. The van der Waals surface area contributed by atoms with Gasteiger partial charge in [0.15, 0.2) is 4.80 Å². The third-order valence-corrected chi connectivity index (χ3v) is 8.74. The third-order valence-electron chi connectivity index (χ3n) is 7.02. The summed E-state index contributed by atoms with van der Waals surface area (Å²) in [6.45, 7) is 4.29. The Hall–Kier alpha value is -3.69. The van der Waals surface area contributed by atoms with Crippen LogP contribution in [0.2, 0.25) is 0 Å². The Bertz CT molecular complexity index is 1720. The molecule has 0 amide bonds. The molecule has 0 radical (unpaired) electrons. The first-order valence-corrected chi connectivity index (χ1v) is 15.1. The van der Waals surface area contributed by atoms with Gasteiger partial charge in [0.1, 0.15) is 12.4 Å². The molecule has 1 aliphatic carbocycles. The van der Waals surface area contributed by atoms with Gasteiger partial charge >= 0.3 is 5.97 Å². The molecule has 9 heteroatoms. The number of carbonyl (C=O) groups is 1. The summed E-state index contributed by atoms with van der Waals surface area (Å²) in [5.41, 5.74) is 3.70. The Kier molecular flexibility index (Phi) is 8.75. The average Bonchev–Trinajstić information content (AvgIpc) is 3.26. The Morgan fingerprint density at radius 2 is 1.90 bits per heavy atom. The summed E-state index contributed by atoms with van der Waals surface area (Å²) in [6, 6.07) is 17.3. The van der Waals surface area contributed by atoms with E-state index in [9.17, 15) is 9.59 Å². The van der Waals surface area contributed by atoms with Crippen molar-refractivity contribution >= 4 is 45.0 Å². The normalized spacial score (nSPS) is 18.7. The predicted molar refractivity (Wildman–Crippen MR) is 166 cm³/mol. The Morgan fingerprint density at radius 3 is 2.56 bits per heavy atom. The molecule has 212 valence electrons. The topological polar surface area (TPSA) is 73.1 Å². The minimum atomic E-state index is -0.629. The molecule has 1 aromatic heterocycles. The van der Waals surface area contributed by atoms with Gasteiger partial charge < -0.3 is 14.4 Å². The second-order valence-corrected chi connectivity index (χ2v) is 12.0. The molecule has 0 saturated heterocycles. The summed E-state index contributed by atoms with van der Waals surface area (Å²) in [5, 5.41) is 0. The minimum Gasteiger partial charge on any atom is -0.488 e. The lowest BCUT2D eigenvalue weighted by Gasteiger charge is -2.25. The maximum Gasteiger partial charge on any atom is 0.338 e. The number of anilines is 1. The number of halogens is 1. The highest BCUT2D eigenvalue weighted by atomic mass is 79.9. The van der Waals surface area contributed by atoms with Gasteiger partial charge in [0.2, 0.25) is 0 Å². The number of aromatic nitrogens is 1. The fourth-order valence-electron chi connectivity index (χ4n) is 4.92. The van der Waals surface area contributed by atoms with Gasteiger partial charge in [0, 0.05) is 30.2 Å². The van der Waals surface area contributed by atoms with E-state index in [0.717, 1.165) is 27.1 Å². The van der Waals surface area contributed by atoms with E-state index in [1.165, 1.54) is 11.3 Å². The van der Waals surface area contributed by atoms with Crippen molar-refractivity contribution in [2.24, 2.45) is 10.9 Å². The summed E-state index contributed by atoms with van der Waals surface area (Å²) >= 11 is 5.02. The second kappa shape index (κ2) is 12.4. The second-order valence-electron chi connectivity index (χ2n) is 10.1. The molecule has 41 heavy (non-hydrogen) atoms. The first-order chi connectivity index (χ1) is 19.8. The number of carbonyl (C=O) groups excluding carboxylic acids is 1. The lowest BCUT2D eigenvalue weighted by atomic mass is 9.95. The molecule has 2 aliphatic rings. The molecule has 0 saturated carbocycles. The van der Waals surface area contributed by atoms with Crippen LogP contribution in [0.3, 0.4) is 0 Å². The standard InChI is InChI=1S/C32H32BrN3O4S/c1-5-39-31(38)28-20(2)34-32-36(29(28)23-12-14-24(15-13-23)35(3)4)30(37)27(41-32)18-22-11-16-26(25(33)17-22)40-19-21-9-7-6-8-10-21/h6-16,18,22,29H,5,17,19H2,1-4H3/b27-18-/t22-,29+/m1/s1. The number of fused-ring (bicyclic) bond motifs is 1. The largest absolute Gasteiger partial charge is 0.488 e. The summed E-state index contributed by atoms with van der Waals surface area (Å²) in [5.74, 6) is 0.325. The van der Waals surface area contributed by atoms with E-state index in [2.05, 4.69) is 27.0 Å². The van der Waals surface area contributed by atoms with Crippen LogP contribution in [0.15, 0.2) is 98.0 Å². The van der Waals surface area contributed by atoms with Crippen LogP contribution in [0.5, 0.6) is 0 Å². The fourth-order valence-corrected chi connectivity index (χ4v) is 6.64. The SMILES string of the molecule is CCOC(=O)C1=C(C)N=c2s/c(=C\[C@@H]3C=CC(OCc4ccccc4)=C(Br)C3)c(=O)n2[C@H]1c1ccc(N(C)C)cc1. The first-order valence-electron chi connectivity index (χ1n) is 13.5. The predicted octanol–water partition coefficient (Wildman–Crippen LogP) is 5.22. The van der Waals surface area contributed by atoms with Crippen LogP contribution >= 0.6 is 27.3 Å². The van der Waals surface area contributed by atoms with Crippen molar-refractivity contribution < 1.29 is 14.3 Å². The average molecular weight is 635 g/mol. The molecule has 0 spiro atoms. The number of nitrogens with zero attached hydrogens (tertiary/aromatic N) is 3. The number of benzene rings is 2. The highest BCUT2D eigenvalue weighted by molar-refractivity contribution is 9.11. The molecule has 7 nitrogen and oxygen atoms in total.